The van der Waals surface area contributed by atoms with Gasteiger partial charge in [0.15, 0.2) is 0 Å². The fourth-order valence-electron chi connectivity index (χ4n) is 4.43. The molecule has 1 aliphatic heterocycles. The van der Waals surface area contributed by atoms with E-state index in [2.05, 4.69) is 65.0 Å². The third-order valence-corrected chi connectivity index (χ3v) is 6.90. The third-order valence-electron chi connectivity index (χ3n) is 6.53. The predicted molar refractivity (Wildman–Crippen MR) is 128 cm³/mol. The lowest BCUT2D eigenvalue weighted by Crippen LogP contribution is -2.42. The van der Waals surface area contributed by atoms with Gasteiger partial charge in [-0.3, -0.25) is 9.69 Å². The summed E-state index contributed by atoms with van der Waals surface area (Å²) in [6.07, 6.45) is 2.82. The van der Waals surface area contributed by atoms with Crippen LogP contribution < -0.4 is 5.32 Å². The van der Waals surface area contributed by atoms with E-state index in [0.717, 1.165) is 56.0 Å². The van der Waals surface area contributed by atoms with Crippen LogP contribution in [-0.4, -0.2) is 34.5 Å². The molecule has 1 aromatic heterocycles. The summed E-state index contributed by atoms with van der Waals surface area (Å²) < 4.78 is 2.39. The second-order valence-electron chi connectivity index (χ2n) is 8.74. The molecule has 0 spiro atoms. The number of rotatable bonds is 7. The van der Waals surface area contributed by atoms with E-state index in [-0.39, 0.29) is 17.9 Å². The van der Waals surface area contributed by atoms with Gasteiger partial charge in [-0.15, -0.1) is 0 Å². The smallest absolute Gasteiger partial charge is 0.223 e. The van der Waals surface area contributed by atoms with Gasteiger partial charge in [0.1, 0.15) is 0 Å². The van der Waals surface area contributed by atoms with Crippen LogP contribution in [0.2, 0.25) is 5.02 Å². The Bertz CT molecular complexity index is 1040. The molecule has 2 aromatic carbocycles. The maximum Gasteiger partial charge on any atom is 0.223 e. The Kier molecular flexibility index (Phi) is 6.99. The maximum absolute atomic E-state index is 12.5. The fraction of sp³-hybridized carbons (Fsp3) is 0.423. The van der Waals surface area contributed by atoms with Gasteiger partial charge in [-0.2, -0.15) is 0 Å². The molecular weight excluding hydrogens is 406 g/mol. The Morgan fingerprint density at radius 2 is 1.81 bits per heavy atom. The SMILES string of the molecule is CCC(C)NC(=O)C1CCN(Cc2cc3ccccc3n2Cc2ccccc2Cl)CC1. The summed E-state index contributed by atoms with van der Waals surface area (Å²) in [6, 6.07) is 19.2. The van der Waals surface area contributed by atoms with E-state index in [1.807, 2.05) is 18.2 Å². The highest BCUT2D eigenvalue weighted by atomic mass is 35.5. The van der Waals surface area contributed by atoms with Crippen molar-refractivity contribution in [2.45, 2.75) is 52.2 Å². The number of nitrogens with zero attached hydrogens (tertiary/aromatic N) is 2. The van der Waals surface area contributed by atoms with Gasteiger partial charge >= 0.3 is 0 Å². The molecule has 31 heavy (non-hydrogen) atoms. The van der Waals surface area contributed by atoms with Crippen LogP contribution in [0.5, 0.6) is 0 Å². The zero-order valence-electron chi connectivity index (χ0n) is 18.5. The second-order valence-corrected chi connectivity index (χ2v) is 9.15. The number of hydrogen-bond donors (Lipinski definition) is 1. The molecule has 1 aliphatic rings. The van der Waals surface area contributed by atoms with Gasteiger partial charge in [0.05, 0.1) is 0 Å². The monoisotopic (exact) mass is 437 g/mol. The summed E-state index contributed by atoms with van der Waals surface area (Å²) in [7, 11) is 0. The summed E-state index contributed by atoms with van der Waals surface area (Å²) >= 11 is 6.47. The van der Waals surface area contributed by atoms with Crippen molar-refractivity contribution in [2.75, 3.05) is 13.1 Å². The molecule has 5 heteroatoms. The molecule has 1 fully saturated rings. The molecule has 1 atom stereocenters. The highest BCUT2D eigenvalue weighted by Crippen LogP contribution is 2.26. The molecule has 4 nitrogen and oxygen atoms in total. The summed E-state index contributed by atoms with van der Waals surface area (Å²) in [5.74, 6) is 0.362. The van der Waals surface area contributed by atoms with Gasteiger partial charge in [0.25, 0.3) is 0 Å². The van der Waals surface area contributed by atoms with Gasteiger partial charge in [-0.25, -0.2) is 0 Å². The number of carbonyl (C=O) groups is 1. The van der Waals surface area contributed by atoms with Crippen molar-refractivity contribution in [1.82, 2.24) is 14.8 Å². The van der Waals surface area contributed by atoms with Crippen LogP contribution in [0.25, 0.3) is 10.9 Å². The normalized spacial score (nSPS) is 16.5. The Morgan fingerprint density at radius 3 is 2.55 bits per heavy atom. The summed E-state index contributed by atoms with van der Waals surface area (Å²) in [5, 5.41) is 5.21. The molecule has 2 heterocycles. The summed E-state index contributed by atoms with van der Waals surface area (Å²) in [6.45, 7) is 7.73. The van der Waals surface area contributed by atoms with Gasteiger partial charge in [0.2, 0.25) is 5.91 Å². The number of nitrogens with one attached hydrogen (secondary N) is 1. The molecule has 0 radical (unpaired) electrons. The molecule has 1 amide bonds. The van der Waals surface area contributed by atoms with Crippen LogP contribution >= 0.6 is 11.6 Å². The van der Waals surface area contributed by atoms with Crippen LogP contribution in [0.3, 0.4) is 0 Å². The number of para-hydroxylation sites is 1. The van der Waals surface area contributed by atoms with Crippen molar-refractivity contribution < 1.29 is 4.79 Å². The minimum Gasteiger partial charge on any atom is -0.353 e. The van der Waals surface area contributed by atoms with Crippen molar-refractivity contribution in [1.29, 1.82) is 0 Å². The zero-order chi connectivity index (χ0) is 21.8. The van der Waals surface area contributed by atoms with Crippen LogP contribution in [0, 0.1) is 5.92 Å². The number of fused-ring (bicyclic) bond motifs is 1. The molecule has 0 saturated carbocycles. The van der Waals surface area contributed by atoms with Gasteiger partial charge in [-0.1, -0.05) is 54.9 Å². The molecule has 1 N–H and O–H groups in total. The Labute approximate surface area is 190 Å². The lowest BCUT2D eigenvalue weighted by molar-refractivity contribution is -0.127. The molecular formula is C26H32ClN3O. The van der Waals surface area contributed by atoms with Gasteiger partial charge < -0.3 is 9.88 Å². The van der Waals surface area contributed by atoms with E-state index in [0.29, 0.717) is 0 Å². The lowest BCUT2D eigenvalue weighted by Gasteiger charge is -2.32. The highest BCUT2D eigenvalue weighted by molar-refractivity contribution is 6.31. The molecule has 0 bridgehead atoms. The Hall–Kier alpha value is -2.30. The van der Waals surface area contributed by atoms with Crippen molar-refractivity contribution in [3.8, 4) is 0 Å². The molecule has 4 rings (SSSR count). The molecule has 164 valence electrons. The Morgan fingerprint density at radius 1 is 1.10 bits per heavy atom. The van der Waals surface area contributed by atoms with Crippen LogP contribution in [0.15, 0.2) is 54.6 Å². The minimum atomic E-state index is 0.138. The molecule has 1 unspecified atom stereocenters. The first-order valence-corrected chi connectivity index (χ1v) is 11.8. The topological polar surface area (TPSA) is 37.3 Å². The fourth-order valence-corrected chi connectivity index (χ4v) is 4.62. The standard InChI is InChI=1S/C26H32ClN3O/c1-3-19(2)28-26(31)20-12-14-29(15-13-20)18-23-16-21-8-5-7-11-25(21)30(23)17-22-9-4-6-10-24(22)27/h4-11,16,19-20H,3,12-15,17-18H2,1-2H3,(H,28,31). The maximum atomic E-state index is 12.5. The second kappa shape index (κ2) is 9.88. The number of likely N-dealkylation sites (tertiary alicyclic amines) is 1. The van der Waals surface area contributed by atoms with Gasteiger partial charge in [0, 0.05) is 41.3 Å². The average molecular weight is 438 g/mol. The summed E-state index contributed by atoms with van der Waals surface area (Å²) in [4.78, 5) is 15.0. The predicted octanol–water partition coefficient (Wildman–Crippen LogP) is 5.47. The minimum absolute atomic E-state index is 0.138. The van der Waals surface area contributed by atoms with Crippen LogP contribution in [0.4, 0.5) is 0 Å². The van der Waals surface area contributed by atoms with Crippen molar-refractivity contribution >= 4 is 28.4 Å². The number of aromatic nitrogens is 1. The van der Waals surface area contributed by atoms with E-state index in [4.69, 9.17) is 11.6 Å². The Balaban J connectivity index is 1.48. The number of amides is 1. The first kappa shape index (κ1) is 21.9. The number of hydrogen-bond acceptors (Lipinski definition) is 2. The van der Waals surface area contributed by atoms with Crippen molar-refractivity contribution in [3.05, 3.63) is 70.9 Å². The summed E-state index contributed by atoms with van der Waals surface area (Å²) in [5.41, 5.74) is 3.66. The van der Waals surface area contributed by atoms with Crippen molar-refractivity contribution in [3.63, 3.8) is 0 Å². The molecule has 0 aliphatic carbocycles. The zero-order valence-corrected chi connectivity index (χ0v) is 19.2. The van der Waals surface area contributed by atoms with Crippen LogP contribution in [0.1, 0.15) is 44.4 Å². The largest absolute Gasteiger partial charge is 0.353 e. The van der Waals surface area contributed by atoms with Crippen molar-refractivity contribution in [2.24, 2.45) is 5.92 Å². The number of piperidine rings is 1. The highest BCUT2D eigenvalue weighted by Gasteiger charge is 2.26. The third kappa shape index (κ3) is 5.13. The van der Waals surface area contributed by atoms with E-state index in [9.17, 15) is 4.79 Å². The average Bonchev–Trinajstić information content (AvgIpc) is 3.12. The van der Waals surface area contributed by atoms with E-state index in [1.165, 1.54) is 16.6 Å². The number of benzene rings is 2. The molecule has 3 aromatic rings. The lowest BCUT2D eigenvalue weighted by atomic mass is 9.95. The van der Waals surface area contributed by atoms with Crippen LogP contribution in [-0.2, 0) is 17.9 Å². The van der Waals surface area contributed by atoms with E-state index >= 15 is 0 Å². The van der Waals surface area contributed by atoms with E-state index < -0.39 is 0 Å². The number of halogens is 1. The first-order valence-electron chi connectivity index (χ1n) is 11.4. The molecule has 1 saturated heterocycles. The van der Waals surface area contributed by atoms with Gasteiger partial charge in [-0.05, 0) is 68.4 Å². The first-order chi connectivity index (χ1) is 15.0. The quantitative estimate of drug-likeness (QED) is 0.532. The van der Waals surface area contributed by atoms with E-state index in [1.54, 1.807) is 0 Å². The number of carbonyl (C=O) groups excluding carboxylic acids is 1.